The molecular formula is C17H28N4OS. The summed E-state index contributed by atoms with van der Waals surface area (Å²) < 4.78 is 0. The highest BCUT2D eigenvalue weighted by atomic mass is 32.2. The van der Waals surface area contributed by atoms with Crippen LogP contribution in [0.4, 0.5) is 11.6 Å². The summed E-state index contributed by atoms with van der Waals surface area (Å²) in [5, 5.41) is 10.1. The van der Waals surface area contributed by atoms with Crippen molar-refractivity contribution in [2.24, 2.45) is 5.92 Å². The van der Waals surface area contributed by atoms with E-state index in [-0.39, 0.29) is 6.61 Å². The molecule has 2 fully saturated rings. The molecule has 3 rings (SSSR count). The van der Waals surface area contributed by atoms with Crippen LogP contribution in [0.5, 0.6) is 0 Å². The fraction of sp³-hybridized carbons (Fsp3) is 0.765. The normalized spacial score (nSPS) is 26.2. The maximum absolute atomic E-state index is 9.43. The van der Waals surface area contributed by atoms with Crippen LogP contribution in [-0.2, 0) is 0 Å². The molecule has 0 amide bonds. The van der Waals surface area contributed by atoms with Crippen molar-refractivity contribution in [3.05, 3.63) is 12.4 Å². The van der Waals surface area contributed by atoms with Crippen molar-refractivity contribution in [3.8, 4) is 0 Å². The number of piperidine rings is 1. The highest BCUT2D eigenvalue weighted by Gasteiger charge is 2.22. The standard InChI is InChI=1S/C17H28N4OS/c1-23-15-6-2-3-7-21(11-15)17-9-16(18-13-19-17)20-8-4-5-14(10-20)12-22/h9,13-15,22H,2-8,10-12H2,1H3. The summed E-state index contributed by atoms with van der Waals surface area (Å²) >= 11 is 1.97. The number of aliphatic hydroxyl groups excluding tert-OH is 1. The van der Waals surface area contributed by atoms with Gasteiger partial charge in [-0.25, -0.2) is 9.97 Å². The second kappa shape index (κ2) is 8.20. The molecule has 23 heavy (non-hydrogen) atoms. The Hall–Kier alpha value is -1.01. The van der Waals surface area contributed by atoms with E-state index in [4.69, 9.17) is 0 Å². The Balaban J connectivity index is 1.73. The van der Waals surface area contributed by atoms with Crippen LogP contribution in [0.2, 0.25) is 0 Å². The van der Waals surface area contributed by atoms with Crippen LogP contribution in [-0.4, -0.2) is 59.4 Å². The zero-order chi connectivity index (χ0) is 16.1. The smallest absolute Gasteiger partial charge is 0.134 e. The van der Waals surface area contributed by atoms with Gasteiger partial charge >= 0.3 is 0 Å². The lowest BCUT2D eigenvalue weighted by molar-refractivity contribution is 0.208. The van der Waals surface area contributed by atoms with Gasteiger partial charge in [-0.2, -0.15) is 11.8 Å². The lowest BCUT2D eigenvalue weighted by Gasteiger charge is -2.33. The van der Waals surface area contributed by atoms with Gasteiger partial charge in [0.25, 0.3) is 0 Å². The van der Waals surface area contributed by atoms with Crippen molar-refractivity contribution in [1.29, 1.82) is 0 Å². The summed E-state index contributed by atoms with van der Waals surface area (Å²) in [5.41, 5.74) is 0. The summed E-state index contributed by atoms with van der Waals surface area (Å²) in [4.78, 5) is 13.8. The molecular weight excluding hydrogens is 308 g/mol. The molecule has 0 radical (unpaired) electrons. The van der Waals surface area contributed by atoms with E-state index < -0.39 is 0 Å². The molecule has 128 valence electrons. The Morgan fingerprint density at radius 1 is 1.09 bits per heavy atom. The van der Waals surface area contributed by atoms with Crippen molar-refractivity contribution < 1.29 is 5.11 Å². The molecule has 0 bridgehead atoms. The van der Waals surface area contributed by atoms with Crippen molar-refractivity contribution in [1.82, 2.24) is 9.97 Å². The second-order valence-corrected chi connectivity index (χ2v) is 7.81. The minimum absolute atomic E-state index is 0.274. The largest absolute Gasteiger partial charge is 0.396 e. The van der Waals surface area contributed by atoms with Crippen LogP contribution in [0.25, 0.3) is 0 Å². The zero-order valence-corrected chi connectivity index (χ0v) is 14.8. The molecule has 5 nitrogen and oxygen atoms in total. The predicted octanol–water partition coefficient (Wildman–Crippen LogP) is 2.41. The summed E-state index contributed by atoms with van der Waals surface area (Å²) in [5.74, 6) is 2.45. The molecule has 1 aromatic rings. The molecule has 2 aliphatic heterocycles. The number of rotatable bonds is 4. The quantitative estimate of drug-likeness (QED) is 0.911. The average Bonchev–Trinajstić information content (AvgIpc) is 2.87. The molecule has 0 spiro atoms. The van der Waals surface area contributed by atoms with Crippen LogP contribution in [0.3, 0.4) is 0 Å². The van der Waals surface area contributed by atoms with E-state index in [1.807, 2.05) is 11.8 Å². The third kappa shape index (κ3) is 4.29. The fourth-order valence-corrected chi connectivity index (χ4v) is 4.34. The average molecular weight is 337 g/mol. The highest BCUT2D eigenvalue weighted by Crippen LogP contribution is 2.27. The van der Waals surface area contributed by atoms with Crippen molar-refractivity contribution in [2.45, 2.75) is 37.4 Å². The SMILES string of the molecule is CSC1CCCCN(c2cc(N3CCCC(CO)C3)ncn2)C1. The van der Waals surface area contributed by atoms with Crippen LogP contribution in [0.15, 0.2) is 12.4 Å². The van der Waals surface area contributed by atoms with Gasteiger partial charge in [-0.3, -0.25) is 0 Å². The molecule has 2 unspecified atom stereocenters. The highest BCUT2D eigenvalue weighted by molar-refractivity contribution is 7.99. The second-order valence-electron chi connectivity index (χ2n) is 6.67. The van der Waals surface area contributed by atoms with Gasteiger partial charge in [0.1, 0.15) is 18.0 Å². The minimum atomic E-state index is 0.274. The minimum Gasteiger partial charge on any atom is -0.396 e. The first-order valence-corrected chi connectivity index (χ1v) is 10.0. The molecule has 0 aliphatic carbocycles. The van der Waals surface area contributed by atoms with Gasteiger partial charge in [0, 0.05) is 44.1 Å². The topological polar surface area (TPSA) is 52.5 Å². The van der Waals surface area contributed by atoms with E-state index in [9.17, 15) is 5.11 Å². The number of nitrogens with zero attached hydrogens (tertiary/aromatic N) is 4. The van der Waals surface area contributed by atoms with Crippen molar-refractivity contribution in [3.63, 3.8) is 0 Å². The van der Waals surface area contributed by atoms with Gasteiger partial charge in [0.15, 0.2) is 0 Å². The first-order chi connectivity index (χ1) is 11.3. The lowest BCUT2D eigenvalue weighted by Crippen LogP contribution is -2.37. The van der Waals surface area contributed by atoms with E-state index in [1.54, 1.807) is 6.33 Å². The van der Waals surface area contributed by atoms with E-state index in [1.165, 1.54) is 19.3 Å². The zero-order valence-electron chi connectivity index (χ0n) is 14.0. The molecule has 1 N–H and O–H groups in total. The molecule has 2 atom stereocenters. The fourth-order valence-electron chi connectivity index (χ4n) is 3.61. The molecule has 1 aromatic heterocycles. The van der Waals surface area contributed by atoms with Gasteiger partial charge in [-0.15, -0.1) is 0 Å². The Labute approximate surface area is 143 Å². The van der Waals surface area contributed by atoms with Crippen molar-refractivity contribution in [2.75, 3.05) is 48.8 Å². The van der Waals surface area contributed by atoms with Gasteiger partial charge < -0.3 is 14.9 Å². The molecule has 2 saturated heterocycles. The number of hydrogen-bond donors (Lipinski definition) is 1. The van der Waals surface area contributed by atoms with E-state index in [2.05, 4.69) is 32.1 Å². The maximum Gasteiger partial charge on any atom is 0.134 e. The number of hydrogen-bond acceptors (Lipinski definition) is 6. The number of aromatic nitrogens is 2. The van der Waals surface area contributed by atoms with Crippen molar-refractivity contribution >= 4 is 23.4 Å². The van der Waals surface area contributed by atoms with Crippen LogP contribution in [0, 0.1) is 5.92 Å². The summed E-state index contributed by atoms with van der Waals surface area (Å²) in [7, 11) is 0. The van der Waals surface area contributed by atoms with E-state index in [0.717, 1.165) is 50.7 Å². The lowest BCUT2D eigenvalue weighted by atomic mass is 9.99. The number of anilines is 2. The predicted molar refractivity (Wildman–Crippen MR) is 97.4 cm³/mol. The monoisotopic (exact) mass is 336 g/mol. The molecule has 0 aromatic carbocycles. The van der Waals surface area contributed by atoms with E-state index >= 15 is 0 Å². The van der Waals surface area contributed by atoms with E-state index in [0.29, 0.717) is 11.2 Å². The third-order valence-electron chi connectivity index (χ3n) is 5.02. The summed E-state index contributed by atoms with van der Waals surface area (Å²) in [6.45, 7) is 4.38. The van der Waals surface area contributed by atoms with Gasteiger partial charge in [-0.05, 0) is 37.9 Å². The maximum atomic E-state index is 9.43. The number of aliphatic hydroxyl groups is 1. The molecule has 0 saturated carbocycles. The summed E-state index contributed by atoms with van der Waals surface area (Å²) in [6.07, 6.45) is 10.0. The molecule has 2 aliphatic rings. The van der Waals surface area contributed by atoms with Crippen LogP contribution < -0.4 is 9.80 Å². The van der Waals surface area contributed by atoms with Crippen LogP contribution >= 0.6 is 11.8 Å². The molecule has 6 heteroatoms. The van der Waals surface area contributed by atoms with Gasteiger partial charge in [0.05, 0.1) is 0 Å². The Kier molecular flexibility index (Phi) is 6.00. The molecule has 3 heterocycles. The number of thioether (sulfide) groups is 1. The Morgan fingerprint density at radius 3 is 2.57 bits per heavy atom. The first kappa shape index (κ1) is 16.8. The Bertz CT molecular complexity index is 501. The van der Waals surface area contributed by atoms with Crippen LogP contribution in [0.1, 0.15) is 32.1 Å². The summed E-state index contributed by atoms with van der Waals surface area (Å²) in [6, 6.07) is 2.14. The first-order valence-electron chi connectivity index (χ1n) is 8.75. The Morgan fingerprint density at radius 2 is 1.83 bits per heavy atom. The van der Waals surface area contributed by atoms with Gasteiger partial charge in [0.2, 0.25) is 0 Å². The third-order valence-corrected chi connectivity index (χ3v) is 6.08. The van der Waals surface area contributed by atoms with Gasteiger partial charge in [-0.1, -0.05) is 6.42 Å².